The highest BCUT2D eigenvalue weighted by atomic mass is 16.2. The van der Waals surface area contributed by atoms with Crippen LogP contribution in [0.2, 0.25) is 0 Å². The van der Waals surface area contributed by atoms with Crippen LogP contribution in [0.1, 0.15) is 77.6 Å². The third kappa shape index (κ3) is 5.95. The molecule has 0 saturated heterocycles. The van der Waals surface area contributed by atoms with Crippen LogP contribution in [0.5, 0.6) is 0 Å². The number of nitrogens with one attached hydrogen (secondary N) is 2. The zero-order chi connectivity index (χ0) is 15.8. The van der Waals surface area contributed by atoms with Gasteiger partial charge in [-0.3, -0.25) is 10.1 Å². The van der Waals surface area contributed by atoms with Crippen LogP contribution in [-0.4, -0.2) is 30.1 Å². The summed E-state index contributed by atoms with van der Waals surface area (Å²) in [6.07, 6.45) is 13.2. The van der Waals surface area contributed by atoms with Crippen molar-refractivity contribution in [2.45, 2.75) is 95.7 Å². The van der Waals surface area contributed by atoms with Crippen molar-refractivity contribution in [3.05, 3.63) is 0 Å². The number of amides is 3. The maximum absolute atomic E-state index is 12.2. The van der Waals surface area contributed by atoms with Gasteiger partial charge in [0.25, 0.3) is 5.91 Å². The predicted octanol–water partition coefficient (Wildman–Crippen LogP) is 1.82. The van der Waals surface area contributed by atoms with Crippen LogP contribution in [0.3, 0.4) is 0 Å². The van der Waals surface area contributed by atoms with E-state index < -0.39 is 0 Å². The topological polar surface area (TPSA) is 74.8 Å². The number of imide groups is 1. The molecule has 3 amide bonds. The third-order valence-corrected chi connectivity index (χ3v) is 5.05. The minimum absolute atomic E-state index is 0.169. The van der Waals surface area contributed by atoms with E-state index in [1.807, 2.05) is 6.92 Å². The van der Waals surface area contributed by atoms with E-state index in [-0.39, 0.29) is 24.0 Å². The van der Waals surface area contributed by atoms with E-state index in [9.17, 15) is 9.59 Å². The van der Waals surface area contributed by atoms with Crippen molar-refractivity contribution >= 4 is 11.9 Å². The van der Waals surface area contributed by atoms with Crippen molar-refractivity contribution in [3.8, 4) is 0 Å². The van der Waals surface area contributed by atoms with Gasteiger partial charge >= 0.3 is 6.03 Å². The monoisotopic (exact) mass is 310 g/mol. The van der Waals surface area contributed by atoms with Gasteiger partial charge in [-0.1, -0.05) is 32.1 Å². The lowest BCUT2D eigenvalue weighted by molar-refractivity contribution is -0.707. The maximum Gasteiger partial charge on any atom is 0.321 e. The molecule has 0 aromatic rings. The van der Waals surface area contributed by atoms with Crippen LogP contribution in [0.25, 0.3) is 0 Å². The number of urea groups is 1. The van der Waals surface area contributed by atoms with Gasteiger partial charge in [-0.05, 0) is 45.4 Å². The summed E-state index contributed by atoms with van der Waals surface area (Å²) in [5, 5.41) is 7.59. The predicted molar refractivity (Wildman–Crippen MR) is 86.4 cm³/mol. The third-order valence-electron chi connectivity index (χ3n) is 5.05. The molecule has 2 aliphatic rings. The first-order valence-electron chi connectivity index (χ1n) is 9.11. The molecule has 1 atom stereocenters. The highest BCUT2D eigenvalue weighted by molar-refractivity contribution is 5.96. The number of hydrogen-bond acceptors (Lipinski definition) is 2. The first-order valence-corrected chi connectivity index (χ1v) is 9.11. The molecule has 2 saturated carbocycles. The summed E-state index contributed by atoms with van der Waals surface area (Å²) in [5.41, 5.74) is 0. The Morgan fingerprint density at radius 1 is 0.909 bits per heavy atom. The van der Waals surface area contributed by atoms with Crippen LogP contribution in [0.15, 0.2) is 0 Å². The first-order chi connectivity index (χ1) is 10.6. The van der Waals surface area contributed by atoms with Gasteiger partial charge in [0, 0.05) is 6.04 Å². The van der Waals surface area contributed by atoms with Gasteiger partial charge in [0.15, 0.2) is 6.04 Å². The summed E-state index contributed by atoms with van der Waals surface area (Å²) in [5.74, 6) is -0.169. The van der Waals surface area contributed by atoms with E-state index >= 15 is 0 Å². The SMILES string of the molecule is C[C@@H]([NH2+]C1CCCCCC1)C(=O)NC(=O)NC1CCCCC1. The molecule has 2 rings (SSSR count). The lowest BCUT2D eigenvalue weighted by Gasteiger charge is -2.23. The molecular weight excluding hydrogens is 278 g/mol. The van der Waals surface area contributed by atoms with Crippen molar-refractivity contribution in [2.75, 3.05) is 0 Å². The minimum atomic E-state index is -0.321. The van der Waals surface area contributed by atoms with Gasteiger partial charge < -0.3 is 10.6 Å². The van der Waals surface area contributed by atoms with Crippen LogP contribution < -0.4 is 16.0 Å². The van der Waals surface area contributed by atoms with Crippen molar-refractivity contribution < 1.29 is 14.9 Å². The Hall–Kier alpha value is -1.10. The fourth-order valence-electron chi connectivity index (χ4n) is 3.69. The quantitative estimate of drug-likeness (QED) is 0.693. The second-order valence-electron chi connectivity index (χ2n) is 7.03. The molecule has 0 spiro atoms. The molecule has 0 heterocycles. The normalized spacial score (nSPS) is 22.6. The first kappa shape index (κ1) is 17.3. The van der Waals surface area contributed by atoms with E-state index in [1.54, 1.807) is 0 Å². The largest absolute Gasteiger partial charge is 0.335 e. The summed E-state index contributed by atoms with van der Waals surface area (Å²) in [6, 6.07) is 0.255. The van der Waals surface area contributed by atoms with E-state index in [4.69, 9.17) is 0 Å². The average molecular weight is 310 g/mol. The second kappa shape index (κ2) is 9.13. The Morgan fingerprint density at radius 2 is 1.45 bits per heavy atom. The minimum Gasteiger partial charge on any atom is -0.335 e. The number of carbonyl (C=O) groups excluding carboxylic acids is 2. The zero-order valence-corrected chi connectivity index (χ0v) is 13.9. The summed E-state index contributed by atoms with van der Waals surface area (Å²) < 4.78 is 0. The van der Waals surface area contributed by atoms with Crippen molar-refractivity contribution in [1.82, 2.24) is 10.6 Å². The maximum atomic E-state index is 12.2. The molecule has 4 N–H and O–H groups in total. The average Bonchev–Trinajstić information content (AvgIpc) is 2.76. The van der Waals surface area contributed by atoms with Crippen LogP contribution in [-0.2, 0) is 4.79 Å². The number of hydrogen-bond donors (Lipinski definition) is 3. The summed E-state index contributed by atoms with van der Waals surface area (Å²) in [7, 11) is 0. The van der Waals surface area contributed by atoms with E-state index in [2.05, 4.69) is 16.0 Å². The fourth-order valence-corrected chi connectivity index (χ4v) is 3.69. The van der Waals surface area contributed by atoms with Gasteiger partial charge in [-0.25, -0.2) is 4.79 Å². The summed E-state index contributed by atoms with van der Waals surface area (Å²) in [4.78, 5) is 24.1. The molecule has 22 heavy (non-hydrogen) atoms. The Bertz CT molecular complexity index is 359. The molecule has 0 aromatic carbocycles. The number of rotatable bonds is 4. The lowest BCUT2D eigenvalue weighted by atomic mass is 9.96. The molecule has 2 aliphatic carbocycles. The molecule has 0 aromatic heterocycles. The van der Waals surface area contributed by atoms with E-state index in [0.29, 0.717) is 6.04 Å². The highest BCUT2D eigenvalue weighted by Gasteiger charge is 2.25. The summed E-state index contributed by atoms with van der Waals surface area (Å²) >= 11 is 0. The fraction of sp³-hybridized carbons (Fsp3) is 0.882. The smallest absolute Gasteiger partial charge is 0.321 e. The molecule has 0 aliphatic heterocycles. The van der Waals surface area contributed by atoms with Crippen LogP contribution in [0.4, 0.5) is 4.79 Å². The standard InChI is InChI=1S/C17H31N3O2/c1-13(18-14-9-5-2-3-6-10-14)16(21)20-17(22)19-15-11-7-4-8-12-15/h13-15,18H,2-12H2,1H3,(H2,19,20,21,22)/p+1/t13-/m1/s1. The van der Waals surface area contributed by atoms with Crippen LogP contribution in [0, 0.1) is 0 Å². The molecule has 126 valence electrons. The molecule has 0 radical (unpaired) electrons. The van der Waals surface area contributed by atoms with E-state index in [0.717, 1.165) is 12.8 Å². The molecule has 0 unspecified atom stereocenters. The van der Waals surface area contributed by atoms with Gasteiger partial charge in [0.1, 0.15) is 0 Å². The van der Waals surface area contributed by atoms with Gasteiger partial charge in [-0.15, -0.1) is 0 Å². The van der Waals surface area contributed by atoms with Crippen molar-refractivity contribution in [3.63, 3.8) is 0 Å². The Labute approximate surface area is 134 Å². The Balaban J connectivity index is 1.69. The second-order valence-corrected chi connectivity index (χ2v) is 7.03. The Morgan fingerprint density at radius 3 is 2.09 bits per heavy atom. The zero-order valence-electron chi connectivity index (χ0n) is 13.9. The van der Waals surface area contributed by atoms with Crippen LogP contribution >= 0.6 is 0 Å². The highest BCUT2D eigenvalue weighted by Crippen LogP contribution is 2.17. The number of quaternary nitrogens is 1. The molecule has 5 nitrogen and oxygen atoms in total. The van der Waals surface area contributed by atoms with Crippen molar-refractivity contribution in [2.24, 2.45) is 0 Å². The van der Waals surface area contributed by atoms with Crippen molar-refractivity contribution in [1.29, 1.82) is 0 Å². The molecular formula is C17H32N3O2+. The van der Waals surface area contributed by atoms with E-state index in [1.165, 1.54) is 57.8 Å². The lowest BCUT2D eigenvalue weighted by Crippen LogP contribution is -2.96. The van der Waals surface area contributed by atoms with Gasteiger partial charge in [0.05, 0.1) is 6.04 Å². The number of carbonyl (C=O) groups is 2. The molecule has 0 bridgehead atoms. The van der Waals surface area contributed by atoms with Gasteiger partial charge in [0.2, 0.25) is 0 Å². The molecule has 5 heteroatoms. The van der Waals surface area contributed by atoms with Gasteiger partial charge in [-0.2, -0.15) is 0 Å². The summed E-state index contributed by atoms with van der Waals surface area (Å²) in [6.45, 7) is 1.90. The number of nitrogens with two attached hydrogens (primary N) is 1. The molecule has 2 fully saturated rings. The Kier molecular flexibility index (Phi) is 7.16.